The van der Waals surface area contributed by atoms with Crippen molar-refractivity contribution in [1.82, 2.24) is 15.1 Å². The van der Waals surface area contributed by atoms with E-state index in [4.69, 9.17) is 0 Å². The number of carbonyl (C=O) groups excluding carboxylic acids is 2. The number of amides is 3. The van der Waals surface area contributed by atoms with Crippen molar-refractivity contribution in [3.63, 3.8) is 0 Å². The fourth-order valence-corrected chi connectivity index (χ4v) is 4.46. The number of benzene rings is 2. The number of anilines is 2. The van der Waals surface area contributed by atoms with Gasteiger partial charge in [-0.3, -0.25) is 4.79 Å². The third-order valence-corrected chi connectivity index (χ3v) is 6.64. The Morgan fingerprint density at radius 2 is 1.68 bits per heavy atom. The van der Waals surface area contributed by atoms with Crippen LogP contribution in [0.1, 0.15) is 44.7 Å². The fraction of sp³-hybridized carbons (Fsp3) is 0.304. The molecule has 0 aliphatic carbocycles. The highest BCUT2D eigenvalue weighted by Gasteiger charge is 2.27. The molecule has 4 rings (SSSR count). The summed E-state index contributed by atoms with van der Waals surface area (Å²) in [7, 11) is 0. The topological polar surface area (TPSA) is 87.2 Å². The Labute approximate surface area is 185 Å². The average Bonchev–Trinajstić information content (AvgIpc) is 3.28. The molecule has 2 aromatic carbocycles. The summed E-state index contributed by atoms with van der Waals surface area (Å²) in [6.07, 6.45) is 1.60. The molecule has 0 saturated carbocycles. The van der Waals surface area contributed by atoms with Gasteiger partial charge in [0.2, 0.25) is 5.01 Å². The highest BCUT2D eigenvalue weighted by Crippen LogP contribution is 2.30. The molecule has 1 aliphatic rings. The summed E-state index contributed by atoms with van der Waals surface area (Å²) < 4.78 is 0. The molecule has 2 heterocycles. The number of likely N-dealkylation sites (tertiary alicyclic amines) is 1. The molecule has 1 saturated heterocycles. The molecule has 1 fully saturated rings. The first kappa shape index (κ1) is 21.0. The van der Waals surface area contributed by atoms with Gasteiger partial charge >= 0.3 is 6.03 Å². The van der Waals surface area contributed by atoms with Crippen LogP contribution in [0.2, 0.25) is 0 Å². The second kappa shape index (κ2) is 9.26. The predicted octanol–water partition coefficient (Wildman–Crippen LogP) is 4.82. The van der Waals surface area contributed by atoms with Crippen molar-refractivity contribution in [3.05, 3.63) is 69.7 Å². The van der Waals surface area contributed by atoms with Gasteiger partial charge in [-0.2, -0.15) is 0 Å². The van der Waals surface area contributed by atoms with Gasteiger partial charge in [-0.25, -0.2) is 4.79 Å². The second-order valence-corrected chi connectivity index (χ2v) is 8.77. The number of para-hydroxylation sites is 1. The number of rotatable bonds is 4. The summed E-state index contributed by atoms with van der Waals surface area (Å²) in [5.41, 5.74) is 3.90. The molecule has 0 spiro atoms. The number of nitrogens with one attached hydrogen (secondary N) is 2. The molecule has 2 N–H and O–H groups in total. The lowest BCUT2D eigenvalue weighted by Crippen LogP contribution is -2.40. The van der Waals surface area contributed by atoms with Gasteiger partial charge in [0.05, 0.1) is 0 Å². The first-order valence-electron chi connectivity index (χ1n) is 10.3. The Balaban J connectivity index is 1.31. The Kier molecular flexibility index (Phi) is 6.27. The maximum absolute atomic E-state index is 12.6. The first-order chi connectivity index (χ1) is 15.0. The molecule has 1 aliphatic heterocycles. The fourth-order valence-electron chi connectivity index (χ4n) is 3.55. The van der Waals surface area contributed by atoms with Gasteiger partial charge in [-0.1, -0.05) is 35.6 Å². The molecule has 8 heteroatoms. The highest BCUT2D eigenvalue weighted by atomic mass is 32.1. The van der Waals surface area contributed by atoms with Crippen molar-refractivity contribution in [2.75, 3.05) is 23.7 Å². The molecule has 0 radical (unpaired) electrons. The van der Waals surface area contributed by atoms with Crippen LogP contribution in [0.25, 0.3) is 0 Å². The van der Waals surface area contributed by atoms with Gasteiger partial charge in [0.15, 0.2) is 0 Å². The zero-order chi connectivity index (χ0) is 21.8. The SMILES string of the molecule is Cc1ccc(NC(=O)N2CCC(c3nnc(C(=O)Nc4ccccc4)s3)CC2)cc1C. The van der Waals surface area contributed by atoms with Gasteiger partial charge < -0.3 is 15.5 Å². The van der Waals surface area contributed by atoms with Crippen LogP contribution in [0.3, 0.4) is 0 Å². The molecule has 160 valence electrons. The van der Waals surface area contributed by atoms with Crippen LogP contribution in [0.4, 0.5) is 16.2 Å². The Morgan fingerprint density at radius 3 is 2.39 bits per heavy atom. The molecule has 0 unspecified atom stereocenters. The van der Waals surface area contributed by atoms with Crippen LogP contribution in [0.15, 0.2) is 48.5 Å². The lowest BCUT2D eigenvalue weighted by atomic mass is 9.98. The number of aryl methyl sites for hydroxylation is 2. The van der Waals surface area contributed by atoms with Gasteiger partial charge in [0, 0.05) is 30.4 Å². The number of aromatic nitrogens is 2. The summed E-state index contributed by atoms with van der Waals surface area (Å²) in [6.45, 7) is 5.38. The van der Waals surface area contributed by atoms with Crippen LogP contribution in [0.5, 0.6) is 0 Å². The minimum absolute atomic E-state index is 0.0816. The number of hydrogen-bond acceptors (Lipinski definition) is 5. The number of carbonyl (C=O) groups is 2. The Bertz CT molecular complexity index is 1070. The van der Waals surface area contributed by atoms with Gasteiger partial charge in [0.1, 0.15) is 5.01 Å². The van der Waals surface area contributed by atoms with E-state index in [1.807, 2.05) is 60.4 Å². The first-order valence-corrected chi connectivity index (χ1v) is 11.1. The van der Waals surface area contributed by atoms with Gasteiger partial charge in [0.25, 0.3) is 5.91 Å². The summed E-state index contributed by atoms with van der Waals surface area (Å²) in [5.74, 6) is -0.0402. The Hall–Kier alpha value is -3.26. The standard InChI is InChI=1S/C23H25N5O2S/c1-15-8-9-19(14-16(15)2)25-23(30)28-12-10-17(11-13-28)21-26-27-22(31-21)20(29)24-18-6-4-3-5-7-18/h3-9,14,17H,10-13H2,1-2H3,(H,24,29)(H,25,30). The molecule has 3 amide bonds. The van der Waals surface area contributed by atoms with Crippen LogP contribution < -0.4 is 10.6 Å². The van der Waals surface area contributed by atoms with Gasteiger partial charge in [-0.15, -0.1) is 10.2 Å². The van der Waals surface area contributed by atoms with E-state index < -0.39 is 0 Å². The lowest BCUT2D eigenvalue weighted by molar-refractivity contribution is 0.102. The van der Waals surface area contributed by atoms with Crippen LogP contribution in [-0.2, 0) is 0 Å². The van der Waals surface area contributed by atoms with Crippen molar-refractivity contribution in [2.45, 2.75) is 32.6 Å². The highest BCUT2D eigenvalue weighted by molar-refractivity contribution is 7.13. The third kappa shape index (κ3) is 5.08. The van der Waals surface area contributed by atoms with Crippen molar-refractivity contribution >= 4 is 34.6 Å². The Morgan fingerprint density at radius 1 is 0.935 bits per heavy atom. The quantitative estimate of drug-likeness (QED) is 0.615. The van der Waals surface area contributed by atoms with E-state index in [9.17, 15) is 9.59 Å². The summed E-state index contributed by atoms with van der Waals surface area (Å²) in [5, 5.41) is 15.4. The minimum Gasteiger partial charge on any atom is -0.324 e. The normalized spacial score (nSPS) is 14.3. The van der Waals surface area contributed by atoms with E-state index in [1.54, 1.807) is 0 Å². The van der Waals surface area contributed by atoms with Crippen LogP contribution in [0, 0.1) is 13.8 Å². The second-order valence-electron chi connectivity index (χ2n) is 7.76. The minimum atomic E-state index is -0.250. The molecule has 1 aromatic heterocycles. The van der Waals surface area contributed by atoms with Crippen molar-refractivity contribution in [2.24, 2.45) is 0 Å². The van der Waals surface area contributed by atoms with E-state index in [2.05, 4.69) is 27.8 Å². The molecule has 0 bridgehead atoms. The molecular formula is C23H25N5O2S. The maximum atomic E-state index is 12.6. The molecule has 0 atom stereocenters. The molecule has 7 nitrogen and oxygen atoms in total. The maximum Gasteiger partial charge on any atom is 0.321 e. The van der Waals surface area contributed by atoms with E-state index in [1.165, 1.54) is 16.9 Å². The molecule has 3 aromatic rings. The van der Waals surface area contributed by atoms with E-state index >= 15 is 0 Å². The number of urea groups is 1. The van der Waals surface area contributed by atoms with Crippen LogP contribution >= 0.6 is 11.3 Å². The number of piperidine rings is 1. The van der Waals surface area contributed by atoms with Gasteiger partial charge in [-0.05, 0) is 62.1 Å². The molecular weight excluding hydrogens is 410 g/mol. The summed E-state index contributed by atoms with van der Waals surface area (Å²) in [6, 6.07) is 15.1. The lowest BCUT2D eigenvalue weighted by Gasteiger charge is -2.31. The third-order valence-electron chi connectivity index (χ3n) is 5.56. The predicted molar refractivity (Wildman–Crippen MR) is 123 cm³/mol. The van der Waals surface area contributed by atoms with Crippen LogP contribution in [-0.4, -0.2) is 40.1 Å². The van der Waals surface area contributed by atoms with E-state index in [0.29, 0.717) is 18.1 Å². The zero-order valence-electron chi connectivity index (χ0n) is 17.6. The number of nitrogens with zero attached hydrogens (tertiary/aromatic N) is 3. The summed E-state index contributed by atoms with van der Waals surface area (Å²) >= 11 is 1.33. The van der Waals surface area contributed by atoms with E-state index in [-0.39, 0.29) is 17.9 Å². The van der Waals surface area contributed by atoms with Crippen molar-refractivity contribution < 1.29 is 9.59 Å². The van der Waals surface area contributed by atoms with Crippen molar-refractivity contribution in [1.29, 1.82) is 0 Å². The summed E-state index contributed by atoms with van der Waals surface area (Å²) in [4.78, 5) is 26.8. The average molecular weight is 436 g/mol. The largest absolute Gasteiger partial charge is 0.324 e. The smallest absolute Gasteiger partial charge is 0.321 e. The van der Waals surface area contributed by atoms with E-state index in [0.717, 1.165) is 34.8 Å². The number of hydrogen-bond donors (Lipinski definition) is 2. The monoisotopic (exact) mass is 435 g/mol. The zero-order valence-corrected chi connectivity index (χ0v) is 18.4. The molecule has 31 heavy (non-hydrogen) atoms. The van der Waals surface area contributed by atoms with Crippen molar-refractivity contribution in [3.8, 4) is 0 Å².